The molecule has 0 radical (unpaired) electrons. The van der Waals surface area contributed by atoms with Crippen LogP contribution < -0.4 is 27.9 Å². The van der Waals surface area contributed by atoms with E-state index in [4.69, 9.17) is 19.3 Å². The van der Waals surface area contributed by atoms with E-state index in [2.05, 4.69) is 377 Å². The molecule has 3 aromatic heterocycles. The third kappa shape index (κ3) is 51.1. The van der Waals surface area contributed by atoms with Gasteiger partial charge in [-0.15, -0.1) is 0 Å². The van der Waals surface area contributed by atoms with Crippen molar-refractivity contribution in [3.63, 3.8) is 0 Å². The Bertz CT molecular complexity index is 5660. The number of methoxy groups -OCH3 is 3. The summed E-state index contributed by atoms with van der Waals surface area (Å²) in [4.78, 5) is 11.0. The lowest BCUT2D eigenvalue weighted by atomic mass is 9.97. The number of ketones is 1. The summed E-state index contributed by atoms with van der Waals surface area (Å²) in [6, 6.07) is 110. The average molecular weight is 1820 g/mol. The Morgan fingerprint density at radius 1 is 0.333 bits per heavy atom. The van der Waals surface area contributed by atoms with Gasteiger partial charge in [-0.3, -0.25) is 4.79 Å². The number of aliphatic hydroxyl groups excluding tert-OH is 1. The molecule has 8 heteroatoms. The summed E-state index contributed by atoms with van der Waals surface area (Å²) >= 11 is 0. The molecule has 0 aliphatic carbocycles. The Hall–Kier alpha value is -13.1. The molecular formula is C127H174N3O5+3. The maximum atomic E-state index is 11.0. The van der Waals surface area contributed by atoms with Crippen LogP contribution in [0.2, 0.25) is 0 Å². The zero-order valence-corrected chi connectivity index (χ0v) is 81.8. The first-order chi connectivity index (χ1) is 61.2. The van der Waals surface area contributed by atoms with Crippen molar-refractivity contribution in [3.05, 3.63) is 470 Å². The monoisotopic (exact) mass is 1820 g/mol. The molecule has 135 heavy (non-hydrogen) atoms. The summed E-state index contributed by atoms with van der Waals surface area (Å²) in [5.74, 6) is 3.35. The first-order valence-electron chi connectivity index (χ1n) is 44.2. The third-order valence-corrected chi connectivity index (χ3v) is 20.8. The van der Waals surface area contributed by atoms with E-state index in [0.29, 0.717) is 11.5 Å². The van der Waals surface area contributed by atoms with Gasteiger partial charge in [0, 0.05) is 46.7 Å². The molecule has 16 rings (SSSR count). The Kier molecular flexibility index (Phi) is 67.8. The Morgan fingerprint density at radius 2 is 0.763 bits per heavy atom. The highest BCUT2D eigenvalue weighted by molar-refractivity contribution is 5.94. The number of allylic oxidation sites excluding steroid dienone is 1. The molecule has 3 heterocycles. The second-order valence-corrected chi connectivity index (χ2v) is 32.6. The van der Waals surface area contributed by atoms with Crippen LogP contribution in [-0.2, 0) is 34.2 Å². The predicted octanol–water partition coefficient (Wildman–Crippen LogP) is 33.8. The van der Waals surface area contributed by atoms with Crippen molar-refractivity contribution in [2.75, 3.05) is 21.3 Å². The highest BCUT2D eigenvalue weighted by Gasteiger charge is 2.06. The van der Waals surface area contributed by atoms with Crippen molar-refractivity contribution >= 4 is 43.8 Å². The normalized spacial score (nSPS) is 9.24. The number of ether oxygens (including phenoxy) is 3. The Morgan fingerprint density at radius 3 is 1.21 bits per heavy atom. The molecule has 0 bridgehead atoms. The zero-order valence-electron chi connectivity index (χ0n) is 81.8. The quantitative estimate of drug-likeness (QED) is 0.115. The predicted molar refractivity (Wildman–Crippen MR) is 596 cm³/mol. The van der Waals surface area contributed by atoms with Crippen LogP contribution in [0.4, 0.5) is 0 Å². The van der Waals surface area contributed by atoms with Gasteiger partial charge in [0.05, 0.1) is 27.9 Å². The van der Waals surface area contributed by atoms with E-state index in [1.807, 2.05) is 136 Å². The Labute approximate surface area is 822 Å². The number of carbonyl (C=O) groups excluding carboxylic acids is 1. The minimum atomic E-state index is 0. The number of pyridine rings is 3. The second-order valence-electron chi connectivity index (χ2n) is 32.6. The van der Waals surface area contributed by atoms with Crippen molar-refractivity contribution in [2.45, 2.75) is 216 Å². The van der Waals surface area contributed by atoms with Crippen molar-refractivity contribution in [2.24, 2.45) is 21.1 Å². The second kappa shape index (κ2) is 71.5. The molecule has 0 saturated heterocycles. The number of benzene rings is 13. The number of rotatable bonds is 9. The van der Waals surface area contributed by atoms with E-state index >= 15 is 0 Å². The van der Waals surface area contributed by atoms with Crippen molar-refractivity contribution in [3.8, 4) is 17.2 Å². The van der Waals surface area contributed by atoms with Crippen molar-refractivity contribution in [1.29, 1.82) is 0 Å². The summed E-state index contributed by atoms with van der Waals surface area (Å²) in [5, 5.41) is 15.3. The molecule has 1 N–H and O–H groups in total. The lowest BCUT2D eigenvalue weighted by Crippen LogP contribution is -2.27. The SMILES string of the molecule is C.C.C.C.C.C.C.C=C(CC)c1ccc(C)cc1.CCc1ccc(C)cc1.COc1cc(C(C)=O)ccc1C.COc1ccc(C)cc1.COc1ccccc1C.C[n+]1ccc2ccccc2c1.C[n+]1cccc2ccccc21.C[n+]1ccccc1.Cc1cc(C)cc(C)c1.Cc1ccc(C(C)C)c(C)c1.Cc1ccc(C)cc1.Cc1ccc(CO)cc1C.Cc1cccc2ccccc12. The number of nitrogens with zero attached hydrogens (tertiary/aromatic N) is 3. The van der Waals surface area contributed by atoms with E-state index < -0.39 is 0 Å². The molecule has 8 nitrogen and oxygen atoms in total. The van der Waals surface area contributed by atoms with Crippen LogP contribution in [0.1, 0.15) is 215 Å². The fourth-order valence-corrected chi connectivity index (χ4v) is 12.9. The standard InChI is InChI=1S/C11H10.C11H16.C11H14.2C10H10N.C10H12O2.C9H12O.2C9H12.2C8H10O.C8H10.C6H8N.7CH4/c1-9-5-4-7-10-6-2-3-8-11(9)10;1-8(2)11-6-5-9(3)7-10(11)4;1-4-10(3)11-7-5-9(2)6-8-11;1-11-8-4-6-9-5-2-3-7-10(9)11;1-11-7-6-9-4-2-3-5-10(9)8-11;1-7-4-5-9(8(2)11)6-10(7)12-3;1-7-3-4-9(6-10)5-8(7)2;1-7-4-8(2)6-9(3)5-7;1-3-9-6-4-8(2)5-7-9;1-7-3-5-8(9-2)6-4-7;1-7-5-3-4-6-8(7)9-2;1-7-3-5-8(2)6-4-7;1-7-5-3-2-4-6-7;;;;;;;/h2-8H,1H3;5-8H,1-4H3;5-8H,3-4H2,1-2H3;2*2-8H,1H3;4-6H,1-3H3;3-5,10H,6H2,1-2H3;4-6H,1-3H3;4-7H,3H2,1-2H3;2*3-6H,1-2H3;3-6H,1-2H3;2-6H,1H3;7*1H4/q;;;2*+1;;;;;;;;+1;;;;;;;. The van der Waals surface area contributed by atoms with Gasteiger partial charge in [-0.1, -0.05) is 385 Å². The number of aliphatic hydroxyl groups is 1. The molecule has 0 unspecified atom stereocenters. The van der Waals surface area contributed by atoms with Gasteiger partial charge in [0.15, 0.2) is 36.8 Å². The van der Waals surface area contributed by atoms with Gasteiger partial charge in [0.2, 0.25) is 5.52 Å². The van der Waals surface area contributed by atoms with Crippen LogP contribution in [0.25, 0.3) is 38.0 Å². The van der Waals surface area contributed by atoms with Crippen molar-refractivity contribution < 1.29 is 37.8 Å². The minimum absolute atomic E-state index is 0. The van der Waals surface area contributed by atoms with Gasteiger partial charge in [-0.25, -0.2) is 13.7 Å². The summed E-state index contributed by atoms with van der Waals surface area (Å²) in [6.45, 7) is 45.8. The number of hydrogen-bond donors (Lipinski definition) is 1. The first-order valence-corrected chi connectivity index (χ1v) is 44.2. The summed E-state index contributed by atoms with van der Waals surface area (Å²) < 4.78 is 21.3. The van der Waals surface area contributed by atoms with Crippen LogP contribution in [0, 0.1) is 104 Å². The molecule has 0 fully saturated rings. The molecule has 0 spiro atoms. The fourth-order valence-electron chi connectivity index (χ4n) is 12.9. The lowest BCUT2D eigenvalue weighted by Gasteiger charge is -2.09. The van der Waals surface area contributed by atoms with Gasteiger partial charge in [0.25, 0.3) is 0 Å². The van der Waals surface area contributed by atoms with Gasteiger partial charge < -0.3 is 19.3 Å². The van der Waals surface area contributed by atoms with Gasteiger partial charge in [-0.2, -0.15) is 0 Å². The fraction of sp³-hybridized carbons (Fsp3) is 0.291. The van der Waals surface area contributed by atoms with Gasteiger partial charge in [-0.05, 0) is 249 Å². The molecule has 0 aliphatic heterocycles. The third-order valence-electron chi connectivity index (χ3n) is 20.8. The van der Waals surface area contributed by atoms with E-state index in [1.54, 1.807) is 40.4 Å². The van der Waals surface area contributed by atoms with E-state index in [0.717, 1.165) is 41.2 Å². The van der Waals surface area contributed by atoms with Crippen LogP contribution in [-0.4, -0.2) is 32.2 Å². The van der Waals surface area contributed by atoms with Crippen LogP contribution in [0.3, 0.4) is 0 Å². The summed E-state index contributed by atoms with van der Waals surface area (Å²) in [5.41, 5.74) is 27.8. The van der Waals surface area contributed by atoms with Crippen LogP contribution in [0.5, 0.6) is 17.2 Å². The summed E-state index contributed by atoms with van der Waals surface area (Å²) in [6.07, 6.45) is 12.4. The smallest absolute Gasteiger partial charge is 0.212 e. The van der Waals surface area contributed by atoms with Gasteiger partial charge >= 0.3 is 0 Å². The largest absolute Gasteiger partial charge is 0.497 e. The number of aromatic nitrogens is 3. The number of para-hydroxylation sites is 2. The maximum Gasteiger partial charge on any atom is 0.212 e. The van der Waals surface area contributed by atoms with Crippen molar-refractivity contribution in [1.82, 2.24) is 0 Å². The molecular weight excluding hydrogens is 1650 g/mol. The molecule has 724 valence electrons. The Balaban J connectivity index is -0.000000687. The highest BCUT2D eigenvalue weighted by atomic mass is 16.5. The average Bonchev–Trinajstić information content (AvgIpc) is 1.80. The molecule has 0 aliphatic rings. The molecule has 13 aromatic carbocycles. The number of carbonyl (C=O) groups is 1. The van der Waals surface area contributed by atoms with E-state index in [-0.39, 0.29) is 64.4 Å². The topological polar surface area (TPSA) is 76.6 Å². The number of Topliss-reactive ketones (excluding diaryl/α,β-unsaturated/α-hetero) is 1. The van der Waals surface area contributed by atoms with Gasteiger partial charge in [0.1, 0.15) is 38.4 Å². The summed E-state index contributed by atoms with van der Waals surface area (Å²) in [7, 11) is 11.0. The molecule has 0 saturated carbocycles. The molecule has 16 aromatic rings. The lowest BCUT2D eigenvalue weighted by molar-refractivity contribution is -0.671. The maximum absolute atomic E-state index is 11.0. The molecule has 0 atom stereocenters. The van der Waals surface area contributed by atoms with Crippen LogP contribution in [0.15, 0.2) is 359 Å². The first kappa shape index (κ1) is 128. The van der Waals surface area contributed by atoms with E-state index in [1.165, 1.54) is 133 Å². The van der Waals surface area contributed by atoms with E-state index in [9.17, 15) is 4.79 Å². The minimum Gasteiger partial charge on any atom is -0.497 e. The van der Waals surface area contributed by atoms with Crippen LogP contribution >= 0.6 is 0 Å². The highest BCUT2D eigenvalue weighted by Crippen LogP contribution is 2.23. The number of hydrogen-bond acceptors (Lipinski definition) is 5. The number of fused-ring (bicyclic) bond motifs is 3. The molecule has 0 amide bonds. The zero-order chi connectivity index (χ0) is 94.5. The number of aryl methyl sites for hydroxylation is 19.